The van der Waals surface area contributed by atoms with Gasteiger partial charge in [-0.15, -0.1) is 0 Å². The number of hydrogen-bond donors (Lipinski definition) is 1. The molecule has 5 heteroatoms. The second kappa shape index (κ2) is 8.50. The molecule has 0 radical (unpaired) electrons. The van der Waals surface area contributed by atoms with Crippen molar-refractivity contribution in [2.24, 2.45) is 0 Å². The fourth-order valence-corrected chi connectivity index (χ4v) is 3.14. The Morgan fingerprint density at radius 3 is 2.58 bits per heavy atom. The summed E-state index contributed by atoms with van der Waals surface area (Å²) in [5.74, 6) is -0.0114. The molecule has 0 aromatic heterocycles. The van der Waals surface area contributed by atoms with Gasteiger partial charge in [0.1, 0.15) is 0 Å². The van der Waals surface area contributed by atoms with Gasteiger partial charge in [-0.05, 0) is 54.8 Å². The van der Waals surface area contributed by atoms with E-state index in [1.807, 2.05) is 36.4 Å². The molecule has 1 amide bonds. The van der Waals surface area contributed by atoms with Gasteiger partial charge >= 0.3 is 0 Å². The van der Waals surface area contributed by atoms with Crippen LogP contribution >= 0.6 is 0 Å². The van der Waals surface area contributed by atoms with Gasteiger partial charge in [0.2, 0.25) is 5.91 Å². The van der Waals surface area contributed by atoms with Crippen LogP contribution in [0.5, 0.6) is 0 Å². The Kier molecular flexibility index (Phi) is 5.88. The highest BCUT2D eigenvalue weighted by atomic mass is 16.5. The summed E-state index contributed by atoms with van der Waals surface area (Å²) < 4.78 is 5.40. The largest absolute Gasteiger partial charge is 0.380 e. The summed E-state index contributed by atoms with van der Waals surface area (Å²) in [5.41, 5.74) is 3.64. The average molecular weight is 349 g/mol. The van der Waals surface area contributed by atoms with E-state index in [1.165, 1.54) is 0 Å². The van der Waals surface area contributed by atoms with Crippen molar-refractivity contribution in [3.8, 4) is 6.07 Å². The predicted octanol–water partition coefficient (Wildman–Crippen LogP) is 3.35. The number of aryl methyl sites for hydroxylation is 1. The molecule has 26 heavy (non-hydrogen) atoms. The number of ether oxygens (including phenoxy) is 1. The second-order valence-corrected chi connectivity index (χ2v) is 6.50. The molecule has 0 bridgehead atoms. The summed E-state index contributed by atoms with van der Waals surface area (Å²) in [6, 6.07) is 17.4. The van der Waals surface area contributed by atoms with Crippen LogP contribution in [0.3, 0.4) is 0 Å². The van der Waals surface area contributed by atoms with Gasteiger partial charge in [0.15, 0.2) is 0 Å². The van der Waals surface area contributed by atoms with Crippen LogP contribution in [0.15, 0.2) is 48.5 Å². The third-order valence-corrected chi connectivity index (χ3v) is 4.72. The summed E-state index contributed by atoms with van der Waals surface area (Å²) in [5, 5.41) is 11.7. The lowest BCUT2D eigenvalue weighted by Crippen LogP contribution is -2.22. The standard InChI is InChI=1S/C21H23N3O2/c1-26-20-12-13-24(15-20)19-9-7-18(8-10-19)23-21(25)11-6-16-2-4-17(14-22)5-3-16/h2-5,7-10,20H,6,11-13,15H2,1H3,(H,23,25)/t20-/m1/s1. The molecule has 0 aliphatic carbocycles. The van der Waals surface area contributed by atoms with Crippen LogP contribution in [-0.2, 0) is 16.0 Å². The highest BCUT2D eigenvalue weighted by molar-refractivity contribution is 5.91. The van der Waals surface area contributed by atoms with E-state index in [0.717, 1.165) is 36.4 Å². The number of nitriles is 1. The molecule has 5 nitrogen and oxygen atoms in total. The van der Waals surface area contributed by atoms with E-state index in [-0.39, 0.29) is 5.91 Å². The molecule has 1 aliphatic heterocycles. The van der Waals surface area contributed by atoms with Crippen LogP contribution < -0.4 is 10.2 Å². The predicted molar refractivity (Wildman–Crippen MR) is 102 cm³/mol. The number of benzene rings is 2. The molecule has 1 heterocycles. The number of methoxy groups -OCH3 is 1. The topological polar surface area (TPSA) is 65.4 Å². The summed E-state index contributed by atoms with van der Waals surface area (Å²) in [6.45, 7) is 1.90. The Morgan fingerprint density at radius 1 is 1.23 bits per heavy atom. The maximum Gasteiger partial charge on any atom is 0.224 e. The molecule has 0 unspecified atom stereocenters. The normalized spacial score (nSPS) is 16.3. The van der Waals surface area contributed by atoms with Crippen LogP contribution in [0.25, 0.3) is 0 Å². The van der Waals surface area contributed by atoms with Gasteiger partial charge in [-0.3, -0.25) is 4.79 Å². The number of carbonyl (C=O) groups is 1. The van der Waals surface area contributed by atoms with Crippen molar-refractivity contribution in [1.29, 1.82) is 5.26 Å². The number of carbonyl (C=O) groups excluding carboxylic acids is 1. The van der Waals surface area contributed by atoms with Crippen LogP contribution in [0, 0.1) is 11.3 Å². The van der Waals surface area contributed by atoms with Gasteiger partial charge < -0.3 is 15.0 Å². The summed E-state index contributed by atoms with van der Waals surface area (Å²) in [7, 11) is 1.75. The number of rotatable bonds is 6. The molecule has 3 rings (SSSR count). The molecule has 1 aliphatic rings. The Hall–Kier alpha value is -2.84. The zero-order chi connectivity index (χ0) is 18.4. The fraction of sp³-hybridized carbons (Fsp3) is 0.333. The van der Waals surface area contributed by atoms with E-state index in [2.05, 4.69) is 16.3 Å². The Balaban J connectivity index is 1.49. The Bertz CT molecular complexity index is 778. The Labute approximate surface area is 154 Å². The summed E-state index contributed by atoms with van der Waals surface area (Å²) in [4.78, 5) is 14.4. The number of anilines is 2. The van der Waals surface area contributed by atoms with E-state index >= 15 is 0 Å². The first-order valence-corrected chi connectivity index (χ1v) is 8.84. The van der Waals surface area contributed by atoms with Crippen LogP contribution in [0.2, 0.25) is 0 Å². The molecule has 2 aromatic carbocycles. The first-order chi connectivity index (χ1) is 12.7. The number of hydrogen-bond acceptors (Lipinski definition) is 4. The van der Waals surface area contributed by atoms with Gasteiger partial charge in [0.05, 0.1) is 17.7 Å². The maximum absolute atomic E-state index is 12.1. The van der Waals surface area contributed by atoms with Gasteiger partial charge in [0, 0.05) is 38.0 Å². The van der Waals surface area contributed by atoms with Crippen molar-refractivity contribution in [1.82, 2.24) is 0 Å². The first kappa shape index (κ1) is 18.0. The molecule has 1 fully saturated rings. The molecule has 0 saturated carbocycles. The van der Waals surface area contributed by atoms with Crippen molar-refractivity contribution in [3.05, 3.63) is 59.7 Å². The van der Waals surface area contributed by atoms with Crippen LogP contribution in [0.4, 0.5) is 11.4 Å². The molecular formula is C21H23N3O2. The fourth-order valence-electron chi connectivity index (χ4n) is 3.14. The van der Waals surface area contributed by atoms with Gasteiger partial charge in [-0.25, -0.2) is 0 Å². The minimum Gasteiger partial charge on any atom is -0.380 e. The maximum atomic E-state index is 12.1. The molecular weight excluding hydrogens is 326 g/mol. The lowest BCUT2D eigenvalue weighted by molar-refractivity contribution is -0.116. The van der Waals surface area contributed by atoms with Crippen molar-refractivity contribution < 1.29 is 9.53 Å². The molecule has 1 atom stereocenters. The van der Waals surface area contributed by atoms with Gasteiger partial charge in [-0.1, -0.05) is 12.1 Å². The number of nitrogens with zero attached hydrogens (tertiary/aromatic N) is 2. The van der Waals surface area contributed by atoms with Crippen LogP contribution in [-0.4, -0.2) is 32.2 Å². The van der Waals surface area contributed by atoms with E-state index in [1.54, 1.807) is 19.2 Å². The van der Waals surface area contributed by atoms with E-state index in [4.69, 9.17) is 10.00 Å². The Morgan fingerprint density at radius 2 is 1.96 bits per heavy atom. The average Bonchev–Trinajstić information content (AvgIpc) is 3.16. The van der Waals surface area contributed by atoms with Crippen molar-refractivity contribution in [3.63, 3.8) is 0 Å². The van der Waals surface area contributed by atoms with E-state index in [9.17, 15) is 4.79 Å². The number of nitrogens with one attached hydrogen (secondary N) is 1. The lowest BCUT2D eigenvalue weighted by Gasteiger charge is -2.18. The quantitative estimate of drug-likeness (QED) is 0.868. The monoisotopic (exact) mass is 349 g/mol. The molecule has 1 N–H and O–H groups in total. The van der Waals surface area contributed by atoms with Crippen molar-refractivity contribution in [2.75, 3.05) is 30.4 Å². The van der Waals surface area contributed by atoms with Gasteiger partial charge in [0.25, 0.3) is 0 Å². The zero-order valence-electron chi connectivity index (χ0n) is 14.9. The minimum absolute atomic E-state index is 0.0114. The minimum atomic E-state index is -0.0114. The van der Waals surface area contributed by atoms with Crippen molar-refractivity contribution >= 4 is 17.3 Å². The zero-order valence-corrected chi connectivity index (χ0v) is 14.9. The first-order valence-electron chi connectivity index (χ1n) is 8.84. The van der Waals surface area contributed by atoms with E-state index < -0.39 is 0 Å². The summed E-state index contributed by atoms with van der Waals surface area (Å²) >= 11 is 0. The van der Waals surface area contributed by atoms with Crippen LogP contribution in [0.1, 0.15) is 24.0 Å². The summed E-state index contributed by atoms with van der Waals surface area (Å²) in [6.07, 6.45) is 2.41. The molecule has 1 saturated heterocycles. The SMILES string of the molecule is CO[C@@H]1CCN(c2ccc(NC(=O)CCc3ccc(C#N)cc3)cc2)C1. The second-order valence-electron chi connectivity index (χ2n) is 6.50. The lowest BCUT2D eigenvalue weighted by atomic mass is 10.1. The highest BCUT2D eigenvalue weighted by Gasteiger charge is 2.22. The molecule has 0 spiro atoms. The highest BCUT2D eigenvalue weighted by Crippen LogP contribution is 2.23. The van der Waals surface area contributed by atoms with Gasteiger partial charge in [-0.2, -0.15) is 5.26 Å². The smallest absolute Gasteiger partial charge is 0.224 e. The molecule has 134 valence electrons. The third kappa shape index (κ3) is 4.62. The number of amides is 1. The third-order valence-electron chi connectivity index (χ3n) is 4.72. The van der Waals surface area contributed by atoms with E-state index in [0.29, 0.717) is 24.5 Å². The molecule has 2 aromatic rings. The van der Waals surface area contributed by atoms with Crippen molar-refractivity contribution in [2.45, 2.75) is 25.4 Å².